The van der Waals surface area contributed by atoms with Crippen molar-refractivity contribution in [3.63, 3.8) is 0 Å². The number of hydrogen-bond acceptors (Lipinski definition) is 5. The van der Waals surface area contributed by atoms with Gasteiger partial charge in [0.25, 0.3) is 0 Å². The Morgan fingerprint density at radius 3 is 2.72 bits per heavy atom. The standard InChI is InChI=1S/C11H18N4O2S/c1-2-11(6-4-7-11)15-18(16,17)9-5-3-8-13-10(9)14-12/h3,5,8,15H,2,4,6-7,12H2,1H3,(H,13,14). The first-order valence-electron chi connectivity index (χ1n) is 5.99. The van der Waals surface area contributed by atoms with Gasteiger partial charge in [0, 0.05) is 11.7 Å². The van der Waals surface area contributed by atoms with E-state index in [-0.39, 0.29) is 16.3 Å². The van der Waals surface area contributed by atoms with Crippen LogP contribution in [-0.2, 0) is 10.0 Å². The van der Waals surface area contributed by atoms with Crippen molar-refractivity contribution in [1.82, 2.24) is 9.71 Å². The summed E-state index contributed by atoms with van der Waals surface area (Å²) in [4.78, 5) is 4.00. The molecule has 1 heterocycles. The molecule has 0 amide bonds. The Morgan fingerprint density at radius 1 is 1.50 bits per heavy atom. The van der Waals surface area contributed by atoms with Crippen molar-refractivity contribution in [2.75, 3.05) is 5.43 Å². The lowest BCUT2D eigenvalue weighted by molar-refractivity contribution is 0.214. The Labute approximate surface area is 107 Å². The van der Waals surface area contributed by atoms with Gasteiger partial charge >= 0.3 is 0 Å². The van der Waals surface area contributed by atoms with Gasteiger partial charge in [0.2, 0.25) is 10.0 Å². The van der Waals surface area contributed by atoms with E-state index < -0.39 is 10.0 Å². The molecule has 1 fully saturated rings. The number of rotatable bonds is 5. The van der Waals surface area contributed by atoms with Crippen LogP contribution in [0.4, 0.5) is 5.82 Å². The quantitative estimate of drug-likeness (QED) is 0.547. The van der Waals surface area contributed by atoms with Crippen LogP contribution in [0.2, 0.25) is 0 Å². The molecule has 0 radical (unpaired) electrons. The lowest BCUT2D eigenvalue weighted by atomic mass is 9.76. The molecule has 2 rings (SSSR count). The fourth-order valence-electron chi connectivity index (χ4n) is 2.19. The smallest absolute Gasteiger partial charge is 0.244 e. The zero-order chi connectivity index (χ0) is 13.2. The third-order valence-electron chi connectivity index (χ3n) is 3.54. The number of hydrazine groups is 1. The highest BCUT2D eigenvalue weighted by molar-refractivity contribution is 7.89. The van der Waals surface area contributed by atoms with Gasteiger partial charge in [0.05, 0.1) is 0 Å². The third-order valence-corrected chi connectivity index (χ3v) is 5.15. The summed E-state index contributed by atoms with van der Waals surface area (Å²) in [5.74, 6) is 5.45. The number of nitrogens with zero attached hydrogens (tertiary/aromatic N) is 1. The van der Waals surface area contributed by atoms with Crippen molar-refractivity contribution in [1.29, 1.82) is 0 Å². The minimum Gasteiger partial charge on any atom is -0.307 e. The number of anilines is 1. The predicted molar refractivity (Wildman–Crippen MR) is 69.2 cm³/mol. The molecule has 1 aliphatic rings. The van der Waals surface area contributed by atoms with Crippen LogP contribution in [0.15, 0.2) is 23.2 Å². The summed E-state index contributed by atoms with van der Waals surface area (Å²) >= 11 is 0. The van der Waals surface area contributed by atoms with E-state index in [9.17, 15) is 8.42 Å². The number of nitrogen functional groups attached to an aromatic ring is 1. The Balaban J connectivity index is 2.31. The van der Waals surface area contributed by atoms with Gasteiger partial charge < -0.3 is 5.43 Å². The Bertz CT molecular complexity index is 520. The van der Waals surface area contributed by atoms with Crippen LogP contribution in [0.1, 0.15) is 32.6 Å². The van der Waals surface area contributed by atoms with E-state index in [2.05, 4.69) is 15.1 Å². The van der Waals surface area contributed by atoms with Gasteiger partial charge in [-0.05, 0) is 37.8 Å². The van der Waals surface area contributed by atoms with E-state index in [1.54, 1.807) is 6.07 Å². The molecule has 0 spiro atoms. The van der Waals surface area contributed by atoms with E-state index in [1.807, 2.05) is 6.92 Å². The van der Waals surface area contributed by atoms with Crippen LogP contribution in [0.3, 0.4) is 0 Å². The van der Waals surface area contributed by atoms with Crippen LogP contribution in [-0.4, -0.2) is 18.9 Å². The fraction of sp³-hybridized carbons (Fsp3) is 0.545. The number of aromatic nitrogens is 1. The van der Waals surface area contributed by atoms with Crippen LogP contribution in [0.5, 0.6) is 0 Å². The molecule has 0 unspecified atom stereocenters. The minimum atomic E-state index is -3.59. The van der Waals surface area contributed by atoms with E-state index in [1.165, 1.54) is 12.3 Å². The van der Waals surface area contributed by atoms with E-state index in [4.69, 9.17) is 5.84 Å². The lowest BCUT2D eigenvalue weighted by Crippen LogP contribution is -2.52. The minimum absolute atomic E-state index is 0.0900. The van der Waals surface area contributed by atoms with Crippen molar-refractivity contribution >= 4 is 15.8 Å². The number of pyridine rings is 1. The second-order valence-corrected chi connectivity index (χ2v) is 6.24. The Morgan fingerprint density at radius 2 is 2.22 bits per heavy atom. The molecule has 6 nitrogen and oxygen atoms in total. The maximum Gasteiger partial charge on any atom is 0.244 e. The van der Waals surface area contributed by atoms with Gasteiger partial charge in [-0.15, -0.1) is 0 Å². The largest absolute Gasteiger partial charge is 0.307 e. The zero-order valence-corrected chi connectivity index (χ0v) is 11.1. The molecule has 100 valence electrons. The second kappa shape index (κ2) is 4.83. The van der Waals surface area contributed by atoms with Crippen LogP contribution >= 0.6 is 0 Å². The van der Waals surface area contributed by atoms with Gasteiger partial charge in [-0.2, -0.15) is 0 Å². The highest BCUT2D eigenvalue weighted by Gasteiger charge is 2.39. The maximum atomic E-state index is 12.3. The summed E-state index contributed by atoms with van der Waals surface area (Å²) in [5, 5.41) is 0. The second-order valence-electron chi connectivity index (χ2n) is 4.59. The van der Waals surface area contributed by atoms with Gasteiger partial charge in [-0.1, -0.05) is 6.92 Å². The highest BCUT2D eigenvalue weighted by Crippen LogP contribution is 2.36. The summed E-state index contributed by atoms with van der Waals surface area (Å²) in [7, 11) is -3.59. The maximum absolute atomic E-state index is 12.3. The number of sulfonamides is 1. The summed E-state index contributed by atoms with van der Waals surface area (Å²) in [5.41, 5.74) is 2.02. The van der Waals surface area contributed by atoms with Gasteiger partial charge in [0.15, 0.2) is 5.82 Å². The molecule has 0 atom stereocenters. The summed E-state index contributed by atoms with van der Waals surface area (Å²) in [6.07, 6.45) is 5.11. The zero-order valence-electron chi connectivity index (χ0n) is 10.3. The monoisotopic (exact) mass is 270 g/mol. The van der Waals surface area contributed by atoms with Gasteiger partial charge in [0.1, 0.15) is 4.90 Å². The van der Waals surface area contributed by atoms with Gasteiger partial charge in [-0.3, -0.25) is 0 Å². The van der Waals surface area contributed by atoms with Crippen molar-refractivity contribution in [3.8, 4) is 0 Å². The molecule has 0 bridgehead atoms. The number of nitrogens with one attached hydrogen (secondary N) is 2. The molecule has 7 heteroatoms. The molecule has 18 heavy (non-hydrogen) atoms. The molecule has 0 aliphatic heterocycles. The van der Waals surface area contributed by atoms with Gasteiger partial charge in [-0.25, -0.2) is 24.0 Å². The molecular weight excluding hydrogens is 252 g/mol. The average molecular weight is 270 g/mol. The molecule has 0 aromatic carbocycles. The summed E-state index contributed by atoms with van der Waals surface area (Å²) < 4.78 is 27.4. The Kier molecular flexibility index (Phi) is 3.56. The molecule has 1 aromatic heterocycles. The summed E-state index contributed by atoms with van der Waals surface area (Å²) in [6.45, 7) is 1.99. The highest BCUT2D eigenvalue weighted by atomic mass is 32.2. The molecular formula is C11H18N4O2S. The number of hydrogen-bond donors (Lipinski definition) is 3. The molecule has 1 aromatic rings. The average Bonchev–Trinajstić information content (AvgIpc) is 2.34. The number of nitrogens with two attached hydrogens (primary N) is 1. The molecule has 1 saturated carbocycles. The van der Waals surface area contributed by atoms with Crippen LogP contribution < -0.4 is 16.0 Å². The van der Waals surface area contributed by atoms with Crippen molar-refractivity contribution < 1.29 is 8.42 Å². The summed E-state index contributed by atoms with van der Waals surface area (Å²) in [6, 6.07) is 3.07. The van der Waals surface area contributed by atoms with Crippen LogP contribution in [0, 0.1) is 0 Å². The van der Waals surface area contributed by atoms with E-state index in [0.717, 1.165) is 25.7 Å². The molecule has 1 aliphatic carbocycles. The van der Waals surface area contributed by atoms with Crippen LogP contribution in [0.25, 0.3) is 0 Å². The van der Waals surface area contributed by atoms with Crippen molar-refractivity contribution in [2.45, 2.75) is 43.0 Å². The predicted octanol–water partition coefficient (Wildman–Crippen LogP) is 0.978. The topological polar surface area (TPSA) is 97.1 Å². The first-order valence-corrected chi connectivity index (χ1v) is 7.47. The van der Waals surface area contributed by atoms with Crippen molar-refractivity contribution in [2.24, 2.45) is 5.84 Å². The SMILES string of the molecule is CCC1(NS(=O)(=O)c2cccnc2NN)CCC1. The normalized spacial score (nSPS) is 18.1. The van der Waals surface area contributed by atoms with E-state index >= 15 is 0 Å². The molecule has 4 N–H and O–H groups in total. The van der Waals surface area contributed by atoms with E-state index in [0.29, 0.717) is 0 Å². The van der Waals surface area contributed by atoms with Crippen molar-refractivity contribution in [3.05, 3.63) is 18.3 Å². The third kappa shape index (κ3) is 2.33. The first kappa shape index (κ1) is 13.3. The first-order chi connectivity index (χ1) is 8.53. The lowest BCUT2D eigenvalue weighted by Gasteiger charge is -2.41. The fourth-order valence-corrected chi connectivity index (χ4v) is 3.84. The Hall–Kier alpha value is -1.18. The molecule has 0 saturated heterocycles.